The minimum Gasteiger partial charge on any atom is -0.394 e. The van der Waals surface area contributed by atoms with Crippen molar-refractivity contribution in [1.82, 2.24) is 9.13 Å². The van der Waals surface area contributed by atoms with Gasteiger partial charge in [-0.25, -0.2) is 4.79 Å². The number of hydrogen-bond acceptors (Lipinski definition) is 5. The molecule has 98 valence electrons. The van der Waals surface area contributed by atoms with Crippen molar-refractivity contribution in [3.63, 3.8) is 0 Å². The summed E-state index contributed by atoms with van der Waals surface area (Å²) in [7, 11) is 2.92. The van der Waals surface area contributed by atoms with Crippen LogP contribution >= 0.6 is 0 Å². The molecule has 1 aromatic heterocycles. The smallest absolute Gasteiger partial charge is 0.332 e. The Kier molecular flexibility index (Phi) is 3.08. The van der Waals surface area contributed by atoms with E-state index in [4.69, 9.17) is 10.8 Å². The zero-order chi connectivity index (χ0) is 13.4. The SMILES string of the molecule is Cn1c(N)c(C2=NC(CO)CC2)c(=O)n(C)c1=O. The van der Waals surface area contributed by atoms with E-state index in [1.54, 1.807) is 0 Å². The van der Waals surface area contributed by atoms with Gasteiger partial charge < -0.3 is 10.8 Å². The molecule has 0 saturated carbocycles. The van der Waals surface area contributed by atoms with E-state index >= 15 is 0 Å². The fraction of sp³-hybridized carbons (Fsp3) is 0.545. The number of anilines is 1. The fourth-order valence-electron chi connectivity index (χ4n) is 2.11. The van der Waals surface area contributed by atoms with Crippen LogP contribution in [0, 0.1) is 0 Å². The van der Waals surface area contributed by atoms with Crippen molar-refractivity contribution in [3.05, 3.63) is 26.4 Å². The second kappa shape index (κ2) is 4.41. The average molecular weight is 252 g/mol. The molecule has 2 heterocycles. The van der Waals surface area contributed by atoms with Crippen LogP contribution in [0.15, 0.2) is 14.6 Å². The van der Waals surface area contributed by atoms with E-state index < -0.39 is 11.2 Å². The number of nitrogens with zero attached hydrogens (tertiary/aromatic N) is 3. The lowest BCUT2D eigenvalue weighted by atomic mass is 10.1. The Bertz CT molecular complexity index is 626. The van der Waals surface area contributed by atoms with E-state index in [9.17, 15) is 9.59 Å². The van der Waals surface area contributed by atoms with Crippen molar-refractivity contribution < 1.29 is 5.11 Å². The quantitative estimate of drug-likeness (QED) is 0.676. The third-order valence-electron chi connectivity index (χ3n) is 3.26. The summed E-state index contributed by atoms with van der Waals surface area (Å²) in [4.78, 5) is 28.0. The summed E-state index contributed by atoms with van der Waals surface area (Å²) in [5, 5.41) is 9.05. The van der Waals surface area contributed by atoms with Crippen LogP contribution in [-0.4, -0.2) is 32.6 Å². The van der Waals surface area contributed by atoms with Crippen LogP contribution in [0.1, 0.15) is 18.4 Å². The molecule has 1 unspecified atom stereocenters. The molecule has 0 bridgehead atoms. The summed E-state index contributed by atoms with van der Waals surface area (Å²) < 4.78 is 2.24. The zero-order valence-corrected chi connectivity index (χ0v) is 10.4. The highest BCUT2D eigenvalue weighted by molar-refractivity contribution is 6.04. The van der Waals surface area contributed by atoms with Gasteiger partial charge in [0.05, 0.1) is 18.4 Å². The number of nitrogen functional groups attached to an aromatic ring is 1. The predicted octanol–water partition coefficient (Wildman–Crippen LogP) is -1.39. The molecule has 0 aromatic carbocycles. The molecular formula is C11H16N4O3. The van der Waals surface area contributed by atoms with Crippen LogP contribution in [-0.2, 0) is 14.1 Å². The lowest BCUT2D eigenvalue weighted by molar-refractivity contribution is 0.267. The molecule has 1 atom stereocenters. The van der Waals surface area contributed by atoms with Gasteiger partial charge in [-0.3, -0.25) is 18.9 Å². The summed E-state index contributed by atoms with van der Waals surface area (Å²) in [6.45, 7) is -0.0461. The number of aliphatic hydroxyl groups is 1. The Morgan fingerprint density at radius 3 is 2.61 bits per heavy atom. The summed E-state index contributed by atoms with van der Waals surface area (Å²) in [6, 6.07) is -0.179. The summed E-state index contributed by atoms with van der Waals surface area (Å²) >= 11 is 0. The standard InChI is InChI=1S/C11H16N4O3/c1-14-9(12)8(10(17)15(2)11(14)18)7-4-3-6(5-16)13-7/h6,16H,3-5,12H2,1-2H3. The Balaban J connectivity index is 2.67. The maximum absolute atomic E-state index is 12.1. The number of aromatic nitrogens is 2. The van der Waals surface area contributed by atoms with Gasteiger partial charge in [0.2, 0.25) is 0 Å². The second-order valence-electron chi connectivity index (χ2n) is 4.42. The van der Waals surface area contributed by atoms with Gasteiger partial charge in [-0.2, -0.15) is 0 Å². The maximum atomic E-state index is 12.1. The minimum absolute atomic E-state index is 0.0461. The van der Waals surface area contributed by atoms with Gasteiger partial charge in [-0.15, -0.1) is 0 Å². The van der Waals surface area contributed by atoms with E-state index in [-0.39, 0.29) is 24.0 Å². The fourth-order valence-corrected chi connectivity index (χ4v) is 2.11. The van der Waals surface area contributed by atoms with Crippen molar-refractivity contribution in [3.8, 4) is 0 Å². The Hall–Kier alpha value is -1.89. The molecule has 1 aliphatic rings. The highest BCUT2D eigenvalue weighted by Gasteiger charge is 2.24. The Morgan fingerprint density at radius 1 is 1.39 bits per heavy atom. The average Bonchev–Trinajstić information content (AvgIpc) is 2.83. The van der Waals surface area contributed by atoms with Crippen molar-refractivity contribution in [2.24, 2.45) is 19.1 Å². The third-order valence-corrected chi connectivity index (χ3v) is 3.26. The molecule has 0 saturated heterocycles. The first kappa shape index (κ1) is 12.6. The predicted molar refractivity (Wildman–Crippen MR) is 68.0 cm³/mol. The molecular weight excluding hydrogens is 236 g/mol. The number of nitrogens with two attached hydrogens (primary N) is 1. The first-order valence-electron chi connectivity index (χ1n) is 5.70. The largest absolute Gasteiger partial charge is 0.394 e. The second-order valence-corrected chi connectivity index (χ2v) is 4.42. The maximum Gasteiger partial charge on any atom is 0.332 e. The number of rotatable bonds is 2. The van der Waals surface area contributed by atoms with Gasteiger partial charge in [-0.1, -0.05) is 0 Å². The first-order valence-corrected chi connectivity index (χ1v) is 5.70. The molecule has 7 nitrogen and oxygen atoms in total. The van der Waals surface area contributed by atoms with Gasteiger partial charge in [0.25, 0.3) is 5.56 Å². The van der Waals surface area contributed by atoms with Gasteiger partial charge in [0.15, 0.2) is 0 Å². The molecule has 1 aliphatic heterocycles. The van der Waals surface area contributed by atoms with Crippen molar-refractivity contribution in [2.75, 3.05) is 12.3 Å². The van der Waals surface area contributed by atoms with E-state index in [0.29, 0.717) is 18.6 Å². The highest BCUT2D eigenvalue weighted by Crippen LogP contribution is 2.18. The molecule has 1 aromatic rings. The molecule has 0 spiro atoms. The molecule has 7 heteroatoms. The van der Waals surface area contributed by atoms with E-state index in [1.807, 2.05) is 0 Å². The highest BCUT2D eigenvalue weighted by atomic mass is 16.3. The molecule has 3 N–H and O–H groups in total. The van der Waals surface area contributed by atoms with Gasteiger partial charge >= 0.3 is 5.69 Å². The van der Waals surface area contributed by atoms with Crippen LogP contribution < -0.4 is 17.0 Å². The summed E-state index contributed by atoms with van der Waals surface area (Å²) in [6.07, 6.45) is 1.28. The molecule has 0 aliphatic carbocycles. The molecule has 18 heavy (non-hydrogen) atoms. The van der Waals surface area contributed by atoms with Crippen LogP contribution in [0.3, 0.4) is 0 Å². The van der Waals surface area contributed by atoms with Gasteiger partial charge in [0.1, 0.15) is 11.4 Å². The third kappa shape index (κ3) is 1.76. The topological polar surface area (TPSA) is 103 Å². The number of aliphatic hydroxyl groups excluding tert-OH is 1. The molecule has 0 amide bonds. The van der Waals surface area contributed by atoms with Crippen LogP contribution in [0.4, 0.5) is 5.82 Å². The van der Waals surface area contributed by atoms with Gasteiger partial charge in [-0.05, 0) is 12.8 Å². The number of hydrogen-bond donors (Lipinski definition) is 2. The Morgan fingerprint density at radius 2 is 2.06 bits per heavy atom. The van der Waals surface area contributed by atoms with Crippen LogP contribution in [0.5, 0.6) is 0 Å². The molecule has 0 radical (unpaired) electrons. The van der Waals surface area contributed by atoms with Crippen LogP contribution in [0.2, 0.25) is 0 Å². The van der Waals surface area contributed by atoms with E-state index in [0.717, 1.165) is 4.57 Å². The first-order chi connectivity index (χ1) is 8.47. The lowest BCUT2D eigenvalue weighted by Crippen LogP contribution is -2.41. The summed E-state index contributed by atoms with van der Waals surface area (Å²) in [5.41, 5.74) is 5.78. The van der Waals surface area contributed by atoms with Crippen molar-refractivity contribution in [1.29, 1.82) is 0 Å². The lowest BCUT2D eigenvalue weighted by Gasteiger charge is -2.11. The monoisotopic (exact) mass is 252 g/mol. The van der Waals surface area contributed by atoms with E-state index in [1.165, 1.54) is 18.7 Å². The van der Waals surface area contributed by atoms with Crippen LogP contribution in [0.25, 0.3) is 0 Å². The summed E-state index contributed by atoms with van der Waals surface area (Å²) in [5.74, 6) is 0.125. The van der Waals surface area contributed by atoms with Crippen molar-refractivity contribution in [2.45, 2.75) is 18.9 Å². The normalized spacial score (nSPS) is 19.1. The molecule has 2 rings (SSSR count). The van der Waals surface area contributed by atoms with E-state index in [2.05, 4.69) is 4.99 Å². The van der Waals surface area contributed by atoms with Gasteiger partial charge in [0, 0.05) is 14.1 Å². The Labute approximate surface area is 103 Å². The molecule has 0 fully saturated rings. The zero-order valence-electron chi connectivity index (χ0n) is 10.4. The number of aliphatic imine (C=N–C) groups is 1. The van der Waals surface area contributed by atoms with Crippen molar-refractivity contribution >= 4 is 11.5 Å². The minimum atomic E-state index is -0.460.